The van der Waals surface area contributed by atoms with E-state index in [0.29, 0.717) is 28.2 Å². The van der Waals surface area contributed by atoms with E-state index in [9.17, 15) is 9.18 Å². The molecule has 0 unspecified atom stereocenters. The van der Waals surface area contributed by atoms with Gasteiger partial charge in [0.1, 0.15) is 17.3 Å². The number of hydrogen-bond donors (Lipinski definition) is 0. The van der Waals surface area contributed by atoms with Crippen LogP contribution in [0.5, 0.6) is 11.5 Å². The summed E-state index contributed by atoms with van der Waals surface area (Å²) in [7, 11) is 1.49. The van der Waals surface area contributed by atoms with E-state index in [1.54, 1.807) is 43.3 Å². The van der Waals surface area contributed by atoms with Crippen molar-refractivity contribution in [1.29, 1.82) is 0 Å². The van der Waals surface area contributed by atoms with Crippen molar-refractivity contribution in [2.45, 2.75) is 6.92 Å². The van der Waals surface area contributed by atoms with E-state index in [0.717, 1.165) is 0 Å². The fourth-order valence-electron chi connectivity index (χ4n) is 1.75. The van der Waals surface area contributed by atoms with Gasteiger partial charge >= 0.3 is 5.97 Å². The Labute approximate surface area is 122 Å². The van der Waals surface area contributed by atoms with E-state index in [1.807, 2.05) is 0 Å². The molecular weight excluding hydrogens is 271 g/mol. The fraction of sp³-hybridized carbons (Fsp3) is 0.118. The van der Waals surface area contributed by atoms with Crippen LogP contribution in [0.15, 0.2) is 54.6 Å². The molecule has 2 aromatic carbocycles. The zero-order valence-electron chi connectivity index (χ0n) is 11.9. The van der Waals surface area contributed by atoms with Gasteiger partial charge in [-0.3, -0.25) is 0 Å². The van der Waals surface area contributed by atoms with Crippen LogP contribution in [0.4, 0.5) is 4.39 Å². The molecule has 0 saturated carbocycles. The number of benzene rings is 2. The lowest BCUT2D eigenvalue weighted by molar-refractivity contribution is -0.130. The molecule has 0 fully saturated rings. The summed E-state index contributed by atoms with van der Waals surface area (Å²) in [6, 6.07) is 11.2. The van der Waals surface area contributed by atoms with Crippen molar-refractivity contribution < 1.29 is 18.7 Å². The molecular formula is C17H15FO3. The van der Waals surface area contributed by atoms with Gasteiger partial charge in [-0.25, -0.2) is 9.18 Å². The second-order valence-electron chi connectivity index (χ2n) is 4.54. The quantitative estimate of drug-likeness (QED) is 0.484. The van der Waals surface area contributed by atoms with Gasteiger partial charge in [-0.15, -0.1) is 0 Å². The third-order valence-electron chi connectivity index (χ3n) is 2.90. The van der Waals surface area contributed by atoms with Gasteiger partial charge in [-0.1, -0.05) is 18.7 Å². The van der Waals surface area contributed by atoms with Crippen LogP contribution in [0, 0.1) is 5.82 Å². The number of carbonyl (C=O) groups excluding carboxylic acids is 1. The average Bonchev–Trinajstić information content (AvgIpc) is 2.48. The van der Waals surface area contributed by atoms with E-state index in [1.165, 1.54) is 13.2 Å². The minimum atomic E-state index is -0.488. The molecule has 3 nitrogen and oxygen atoms in total. The number of ether oxygens (including phenoxy) is 2. The lowest BCUT2D eigenvalue weighted by atomic mass is 10.0. The summed E-state index contributed by atoms with van der Waals surface area (Å²) < 4.78 is 24.0. The standard InChI is InChI=1S/C17H15FO3/c1-11(2)17(19)21-13-6-4-12(5-7-13)15-9-8-14(20-3)10-16(15)18/h4-10H,1H2,2-3H3. The zero-order chi connectivity index (χ0) is 15.4. The van der Waals surface area contributed by atoms with Crippen molar-refractivity contribution in [3.8, 4) is 22.6 Å². The highest BCUT2D eigenvalue weighted by Gasteiger charge is 2.08. The molecule has 108 valence electrons. The highest BCUT2D eigenvalue weighted by molar-refractivity contribution is 5.88. The highest BCUT2D eigenvalue weighted by Crippen LogP contribution is 2.27. The normalized spacial score (nSPS) is 10.0. The summed E-state index contributed by atoms with van der Waals surface area (Å²) in [6.45, 7) is 5.08. The molecule has 0 aliphatic carbocycles. The van der Waals surface area contributed by atoms with Gasteiger partial charge in [0.15, 0.2) is 0 Å². The van der Waals surface area contributed by atoms with E-state index < -0.39 is 5.97 Å². The van der Waals surface area contributed by atoms with Crippen LogP contribution in [0.2, 0.25) is 0 Å². The summed E-state index contributed by atoms with van der Waals surface area (Å²) in [5.41, 5.74) is 1.46. The molecule has 0 aliphatic rings. The average molecular weight is 286 g/mol. The SMILES string of the molecule is C=C(C)C(=O)Oc1ccc(-c2ccc(OC)cc2F)cc1. The molecule has 0 bridgehead atoms. The minimum Gasteiger partial charge on any atom is -0.497 e. The monoisotopic (exact) mass is 286 g/mol. The zero-order valence-corrected chi connectivity index (χ0v) is 11.9. The maximum absolute atomic E-state index is 14.0. The van der Waals surface area contributed by atoms with Gasteiger partial charge in [0, 0.05) is 17.2 Å². The van der Waals surface area contributed by atoms with Gasteiger partial charge < -0.3 is 9.47 Å². The molecule has 4 heteroatoms. The van der Waals surface area contributed by atoms with Gasteiger partial charge in [0.25, 0.3) is 0 Å². The Morgan fingerprint density at radius 2 is 1.71 bits per heavy atom. The summed E-state index contributed by atoms with van der Waals surface area (Å²) in [6.07, 6.45) is 0. The van der Waals surface area contributed by atoms with Gasteiger partial charge in [-0.05, 0) is 36.8 Å². The second-order valence-corrected chi connectivity index (χ2v) is 4.54. The summed E-state index contributed by atoms with van der Waals surface area (Å²) >= 11 is 0. The summed E-state index contributed by atoms with van der Waals surface area (Å²) in [5, 5.41) is 0. The Morgan fingerprint density at radius 1 is 1.10 bits per heavy atom. The fourth-order valence-corrected chi connectivity index (χ4v) is 1.75. The maximum Gasteiger partial charge on any atom is 0.338 e. The van der Waals surface area contributed by atoms with Crippen LogP contribution >= 0.6 is 0 Å². The molecule has 0 saturated heterocycles. The summed E-state index contributed by atoms with van der Waals surface area (Å²) in [4.78, 5) is 11.4. The first-order chi connectivity index (χ1) is 10.0. The molecule has 0 aliphatic heterocycles. The van der Waals surface area contributed by atoms with Crippen LogP contribution in [-0.2, 0) is 4.79 Å². The third kappa shape index (κ3) is 3.48. The number of halogens is 1. The molecule has 2 rings (SSSR count). The van der Waals surface area contributed by atoms with Crippen LogP contribution < -0.4 is 9.47 Å². The van der Waals surface area contributed by atoms with Crippen LogP contribution in [0.1, 0.15) is 6.92 Å². The topological polar surface area (TPSA) is 35.5 Å². The lowest BCUT2D eigenvalue weighted by Crippen LogP contribution is -2.07. The van der Waals surface area contributed by atoms with Crippen LogP contribution in [0.25, 0.3) is 11.1 Å². The lowest BCUT2D eigenvalue weighted by Gasteiger charge is -2.07. The number of carbonyl (C=O) groups is 1. The smallest absolute Gasteiger partial charge is 0.338 e. The Hall–Kier alpha value is -2.62. The highest BCUT2D eigenvalue weighted by atomic mass is 19.1. The maximum atomic E-state index is 14.0. The predicted molar refractivity (Wildman–Crippen MR) is 78.8 cm³/mol. The minimum absolute atomic E-state index is 0.320. The number of esters is 1. The molecule has 0 amide bonds. The Kier molecular flexibility index (Phi) is 4.38. The van der Waals surface area contributed by atoms with Crippen molar-refractivity contribution in [2.24, 2.45) is 0 Å². The van der Waals surface area contributed by atoms with E-state index in [2.05, 4.69) is 6.58 Å². The van der Waals surface area contributed by atoms with E-state index in [-0.39, 0.29) is 5.82 Å². The largest absolute Gasteiger partial charge is 0.497 e. The third-order valence-corrected chi connectivity index (χ3v) is 2.90. The molecule has 2 aromatic rings. The molecule has 0 radical (unpaired) electrons. The molecule has 0 aromatic heterocycles. The Balaban J connectivity index is 2.23. The molecule has 21 heavy (non-hydrogen) atoms. The van der Waals surface area contributed by atoms with Gasteiger partial charge in [0.05, 0.1) is 7.11 Å². The van der Waals surface area contributed by atoms with Gasteiger partial charge in [-0.2, -0.15) is 0 Å². The van der Waals surface area contributed by atoms with Crippen molar-refractivity contribution >= 4 is 5.97 Å². The first kappa shape index (κ1) is 14.8. The van der Waals surface area contributed by atoms with Crippen molar-refractivity contribution in [1.82, 2.24) is 0 Å². The number of hydrogen-bond acceptors (Lipinski definition) is 3. The molecule has 0 N–H and O–H groups in total. The molecule has 0 atom stereocenters. The van der Waals surface area contributed by atoms with Crippen molar-refractivity contribution in [2.75, 3.05) is 7.11 Å². The van der Waals surface area contributed by atoms with Crippen LogP contribution in [-0.4, -0.2) is 13.1 Å². The van der Waals surface area contributed by atoms with Crippen molar-refractivity contribution in [3.05, 3.63) is 60.4 Å². The van der Waals surface area contributed by atoms with Crippen LogP contribution in [0.3, 0.4) is 0 Å². The molecule has 0 spiro atoms. The van der Waals surface area contributed by atoms with Gasteiger partial charge in [0.2, 0.25) is 0 Å². The van der Waals surface area contributed by atoms with E-state index >= 15 is 0 Å². The first-order valence-corrected chi connectivity index (χ1v) is 6.33. The Morgan fingerprint density at radius 3 is 2.24 bits per heavy atom. The second kappa shape index (κ2) is 6.22. The predicted octanol–water partition coefficient (Wildman–Crippen LogP) is 3.98. The number of rotatable bonds is 4. The summed E-state index contributed by atoms with van der Waals surface area (Å²) in [5.74, 6) is -0.0108. The number of methoxy groups -OCH3 is 1. The first-order valence-electron chi connectivity index (χ1n) is 6.33. The van der Waals surface area contributed by atoms with Crippen molar-refractivity contribution in [3.63, 3.8) is 0 Å². The Bertz CT molecular complexity index is 675. The van der Waals surface area contributed by atoms with E-state index in [4.69, 9.17) is 9.47 Å². The molecule has 0 heterocycles.